The molecule has 1 atom stereocenters. The number of benzene rings is 2. The van der Waals surface area contributed by atoms with E-state index in [4.69, 9.17) is 4.74 Å². The molecule has 5 nitrogen and oxygen atoms in total. The van der Waals surface area contributed by atoms with E-state index in [2.05, 4.69) is 70.5 Å². The number of Topliss-reactive ketones (excluding diaryl/α,β-unsaturated/α-hetero) is 1. The minimum absolute atomic E-state index is 0.0673. The van der Waals surface area contributed by atoms with E-state index in [0.29, 0.717) is 23.2 Å². The first-order valence-corrected chi connectivity index (χ1v) is 12.6. The number of thioether (sulfide) groups is 1. The van der Waals surface area contributed by atoms with E-state index >= 15 is 0 Å². The summed E-state index contributed by atoms with van der Waals surface area (Å²) in [5.74, 6) is 2.84. The molecule has 0 saturated heterocycles. The minimum Gasteiger partial charge on any atom is -0.483 e. The average molecular weight is 517 g/mol. The molecule has 0 aliphatic rings. The third kappa shape index (κ3) is 6.45. The second-order valence-corrected chi connectivity index (χ2v) is 10.4. The van der Waals surface area contributed by atoms with Gasteiger partial charge in [-0.2, -0.15) is 0 Å². The van der Waals surface area contributed by atoms with Gasteiger partial charge in [-0.15, -0.1) is 10.2 Å². The fraction of sp³-hybridized carbons (Fsp3) is 0.400. The number of carbonyl (C=O) groups is 1. The molecule has 170 valence electrons. The Hall–Kier alpha value is -2.12. The molecule has 0 spiro atoms. The molecular formula is C25H30BrN3O2S. The van der Waals surface area contributed by atoms with Crippen LogP contribution in [0.4, 0.5) is 0 Å². The summed E-state index contributed by atoms with van der Waals surface area (Å²) in [5, 5.41) is 9.55. The molecule has 7 heteroatoms. The van der Waals surface area contributed by atoms with Gasteiger partial charge in [0.2, 0.25) is 0 Å². The van der Waals surface area contributed by atoms with E-state index in [0.717, 1.165) is 27.7 Å². The zero-order chi connectivity index (χ0) is 23.3. The molecule has 0 amide bonds. The fourth-order valence-corrected chi connectivity index (χ4v) is 4.40. The number of aromatic nitrogens is 3. The summed E-state index contributed by atoms with van der Waals surface area (Å²) in [6.07, 6.45) is -0.261. The van der Waals surface area contributed by atoms with Gasteiger partial charge in [-0.3, -0.25) is 4.79 Å². The van der Waals surface area contributed by atoms with Crippen molar-refractivity contribution in [2.45, 2.75) is 58.3 Å². The number of ether oxygens (including phenoxy) is 1. The van der Waals surface area contributed by atoms with Gasteiger partial charge in [0.1, 0.15) is 5.75 Å². The quantitative estimate of drug-likeness (QED) is 0.216. The highest BCUT2D eigenvalue weighted by atomic mass is 79.9. The first-order valence-electron chi connectivity index (χ1n) is 10.9. The Balaban J connectivity index is 1.73. The molecule has 0 aliphatic carbocycles. The van der Waals surface area contributed by atoms with Crippen LogP contribution in [0.2, 0.25) is 0 Å². The zero-order valence-corrected chi connectivity index (χ0v) is 21.6. The molecule has 1 aromatic heterocycles. The standard InChI is InChI=1S/C25H30BrN3O2S/c1-16(2)14-29-24(18(5)31-22-12-8-19(9-13-22)17(3)4)27-28-25(29)32-15-23(30)20-6-10-21(26)11-7-20/h6-13,16-18H,14-15H2,1-5H3. The van der Waals surface area contributed by atoms with Crippen LogP contribution in [-0.4, -0.2) is 26.3 Å². The van der Waals surface area contributed by atoms with Crippen LogP contribution in [0.15, 0.2) is 58.2 Å². The van der Waals surface area contributed by atoms with Crippen molar-refractivity contribution in [1.82, 2.24) is 14.8 Å². The van der Waals surface area contributed by atoms with Crippen LogP contribution in [0, 0.1) is 5.92 Å². The number of carbonyl (C=O) groups excluding carboxylic acids is 1. The lowest BCUT2D eigenvalue weighted by Gasteiger charge is -2.18. The van der Waals surface area contributed by atoms with E-state index < -0.39 is 0 Å². The van der Waals surface area contributed by atoms with Crippen LogP contribution in [0.25, 0.3) is 0 Å². The van der Waals surface area contributed by atoms with E-state index in [9.17, 15) is 4.79 Å². The van der Waals surface area contributed by atoms with E-state index in [1.165, 1.54) is 17.3 Å². The molecular weight excluding hydrogens is 486 g/mol. The van der Waals surface area contributed by atoms with Gasteiger partial charge in [-0.25, -0.2) is 0 Å². The highest BCUT2D eigenvalue weighted by molar-refractivity contribution is 9.10. The minimum atomic E-state index is -0.261. The van der Waals surface area contributed by atoms with Gasteiger partial charge < -0.3 is 9.30 Å². The summed E-state index contributed by atoms with van der Waals surface area (Å²) in [5.41, 5.74) is 1.97. The van der Waals surface area contributed by atoms with Crippen molar-refractivity contribution in [3.05, 3.63) is 70.0 Å². The predicted molar refractivity (Wildman–Crippen MR) is 134 cm³/mol. The third-order valence-corrected chi connectivity index (χ3v) is 6.51. The van der Waals surface area contributed by atoms with Gasteiger partial charge in [-0.05, 0) is 48.6 Å². The maximum Gasteiger partial charge on any atom is 0.191 e. The Kier molecular flexibility index (Phi) is 8.54. The molecule has 32 heavy (non-hydrogen) atoms. The predicted octanol–water partition coefficient (Wildman–Crippen LogP) is 6.94. The summed E-state index contributed by atoms with van der Waals surface area (Å²) in [6, 6.07) is 15.6. The maximum absolute atomic E-state index is 12.6. The summed E-state index contributed by atoms with van der Waals surface area (Å²) >= 11 is 4.82. The lowest BCUT2D eigenvalue weighted by atomic mass is 10.0. The van der Waals surface area contributed by atoms with Gasteiger partial charge in [-0.1, -0.05) is 79.7 Å². The largest absolute Gasteiger partial charge is 0.483 e. The summed E-state index contributed by atoms with van der Waals surface area (Å²) in [7, 11) is 0. The van der Waals surface area contributed by atoms with Crippen LogP contribution < -0.4 is 4.74 Å². The van der Waals surface area contributed by atoms with Crippen molar-refractivity contribution >= 4 is 33.5 Å². The lowest BCUT2D eigenvalue weighted by Crippen LogP contribution is -2.15. The average Bonchev–Trinajstić information content (AvgIpc) is 3.14. The normalized spacial score (nSPS) is 12.4. The Morgan fingerprint density at radius 2 is 1.66 bits per heavy atom. The summed E-state index contributed by atoms with van der Waals surface area (Å²) in [6.45, 7) is 11.4. The van der Waals surface area contributed by atoms with Crippen LogP contribution in [0.1, 0.15) is 68.4 Å². The van der Waals surface area contributed by atoms with Gasteiger partial charge in [0.05, 0.1) is 5.75 Å². The van der Waals surface area contributed by atoms with Crippen LogP contribution in [0.5, 0.6) is 5.75 Å². The Morgan fingerprint density at radius 3 is 2.25 bits per heavy atom. The van der Waals surface area contributed by atoms with Gasteiger partial charge >= 0.3 is 0 Å². The number of rotatable bonds is 10. The summed E-state index contributed by atoms with van der Waals surface area (Å²) in [4.78, 5) is 12.6. The molecule has 2 aromatic carbocycles. The molecule has 0 fully saturated rings. The van der Waals surface area contributed by atoms with Crippen molar-refractivity contribution in [3.8, 4) is 5.75 Å². The second-order valence-electron chi connectivity index (χ2n) is 8.55. The Bertz CT molecular complexity index is 1030. The van der Waals surface area contributed by atoms with Crippen molar-refractivity contribution in [2.75, 3.05) is 5.75 Å². The number of hydrogen-bond donors (Lipinski definition) is 0. The smallest absolute Gasteiger partial charge is 0.191 e. The molecule has 3 aromatic rings. The summed E-state index contributed by atoms with van der Waals surface area (Å²) < 4.78 is 9.21. The van der Waals surface area contributed by atoms with Crippen molar-refractivity contribution < 1.29 is 9.53 Å². The number of halogens is 1. The number of hydrogen-bond acceptors (Lipinski definition) is 5. The highest BCUT2D eigenvalue weighted by Gasteiger charge is 2.21. The maximum atomic E-state index is 12.6. The molecule has 0 N–H and O–H groups in total. The highest BCUT2D eigenvalue weighted by Crippen LogP contribution is 2.27. The molecule has 1 heterocycles. The number of nitrogens with zero attached hydrogens (tertiary/aromatic N) is 3. The van der Waals surface area contributed by atoms with Gasteiger partial charge in [0, 0.05) is 16.6 Å². The molecule has 0 aliphatic heterocycles. The van der Waals surface area contributed by atoms with Gasteiger partial charge in [0.25, 0.3) is 0 Å². The van der Waals surface area contributed by atoms with Crippen LogP contribution in [0.3, 0.4) is 0 Å². The Morgan fingerprint density at radius 1 is 1.00 bits per heavy atom. The van der Waals surface area contributed by atoms with Crippen LogP contribution >= 0.6 is 27.7 Å². The van der Waals surface area contributed by atoms with Gasteiger partial charge in [0.15, 0.2) is 22.9 Å². The molecule has 1 unspecified atom stereocenters. The topological polar surface area (TPSA) is 57.0 Å². The Labute approximate surface area is 203 Å². The third-order valence-electron chi connectivity index (χ3n) is 5.01. The molecule has 3 rings (SSSR count). The SMILES string of the molecule is CC(C)Cn1c(SCC(=O)c2ccc(Br)cc2)nnc1C(C)Oc1ccc(C(C)C)cc1. The zero-order valence-electron chi connectivity index (χ0n) is 19.2. The van der Waals surface area contributed by atoms with E-state index in [-0.39, 0.29) is 11.9 Å². The lowest BCUT2D eigenvalue weighted by molar-refractivity contribution is 0.102. The second kappa shape index (κ2) is 11.1. The molecule has 0 saturated carbocycles. The van der Waals surface area contributed by atoms with Crippen LogP contribution in [-0.2, 0) is 6.54 Å². The fourth-order valence-electron chi connectivity index (χ4n) is 3.28. The first-order chi connectivity index (χ1) is 15.2. The first kappa shape index (κ1) is 24.5. The van der Waals surface area contributed by atoms with Crippen molar-refractivity contribution in [3.63, 3.8) is 0 Å². The van der Waals surface area contributed by atoms with E-state index in [1.807, 2.05) is 43.3 Å². The number of ketones is 1. The van der Waals surface area contributed by atoms with Crippen molar-refractivity contribution in [1.29, 1.82) is 0 Å². The molecule has 0 bridgehead atoms. The monoisotopic (exact) mass is 515 g/mol. The van der Waals surface area contributed by atoms with Crippen molar-refractivity contribution in [2.24, 2.45) is 5.92 Å². The van der Waals surface area contributed by atoms with E-state index in [1.54, 1.807) is 0 Å². The molecule has 0 radical (unpaired) electrons.